The SMILES string of the molecule is Bc1cnc(Nc2cccc(NC(=O)N3CCCC3)c2)nc1NCCc1c[nH]c(C)n1. The lowest BCUT2D eigenvalue weighted by Crippen LogP contribution is -2.32. The van der Waals surface area contributed by atoms with Crippen molar-refractivity contribution in [2.75, 3.05) is 35.6 Å². The molecule has 9 nitrogen and oxygen atoms in total. The maximum Gasteiger partial charge on any atom is 0.321 e. The number of hydrogen-bond donors (Lipinski definition) is 4. The van der Waals surface area contributed by atoms with E-state index in [1.54, 1.807) is 6.20 Å². The summed E-state index contributed by atoms with van der Waals surface area (Å²) in [7, 11) is 1.97. The van der Waals surface area contributed by atoms with Crippen molar-refractivity contribution in [3.8, 4) is 0 Å². The predicted octanol–water partition coefficient (Wildman–Crippen LogP) is 1.79. The highest BCUT2D eigenvalue weighted by Gasteiger charge is 2.17. The Morgan fingerprint density at radius 2 is 2.03 bits per heavy atom. The van der Waals surface area contributed by atoms with Crippen LogP contribution in [0.15, 0.2) is 36.7 Å². The monoisotopic (exact) mass is 418 g/mol. The molecule has 3 aromatic rings. The van der Waals surface area contributed by atoms with Gasteiger partial charge in [-0.25, -0.2) is 14.8 Å². The van der Waals surface area contributed by atoms with Crippen molar-refractivity contribution in [2.45, 2.75) is 26.2 Å². The van der Waals surface area contributed by atoms with E-state index >= 15 is 0 Å². The highest BCUT2D eigenvalue weighted by atomic mass is 16.2. The van der Waals surface area contributed by atoms with Crippen molar-refractivity contribution in [2.24, 2.45) is 0 Å². The fraction of sp³-hybridized carbons (Fsp3) is 0.333. The zero-order chi connectivity index (χ0) is 21.6. The molecular formula is C21H27BN8O. The van der Waals surface area contributed by atoms with Gasteiger partial charge in [0.1, 0.15) is 19.5 Å². The van der Waals surface area contributed by atoms with E-state index in [1.165, 1.54) is 0 Å². The first-order valence-electron chi connectivity index (χ1n) is 10.6. The number of aryl methyl sites for hydroxylation is 1. The van der Waals surface area contributed by atoms with E-state index in [9.17, 15) is 4.79 Å². The van der Waals surface area contributed by atoms with Crippen molar-refractivity contribution in [1.29, 1.82) is 0 Å². The first-order valence-corrected chi connectivity index (χ1v) is 10.6. The van der Waals surface area contributed by atoms with Gasteiger partial charge in [-0.3, -0.25) is 0 Å². The molecule has 0 radical (unpaired) electrons. The van der Waals surface area contributed by atoms with Crippen LogP contribution in [-0.2, 0) is 6.42 Å². The van der Waals surface area contributed by atoms with Crippen LogP contribution < -0.4 is 21.4 Å². The van der Waals surface area contributed by atoms with Crippen molar-refractivity contribution >= 4 is 42.5 Å². The van der Waals surface area contributed by atoms with E-state index < -0.39 is 0 Å². The first-order chi connectivity index (χ1) is 15.1. The van der Waals surface area contributed by atoms with Crippen LogP contribution in [0.5, 0.6) is 0 Å². The van der Waals surface area contributed by atoms with E-state index in [1.807, 2.05) is 50.1 Å². The molecule has 1 aromatic carbocycles. The second kappa shape index (κ2) is 9.50. The number of imidazole rings is 1. The first kappa shape index (κ1) is 20.7. The lowest BCUT2D eigenvalue weighted by Gasteiger charge is -2.16. The average molecular weight is 418 g/mol. The maximum atomic E-state index is 12.3. The molecule has 4 rings (SSSR count). The van der Waals surface area contributed by atoms with Crippen LogP contribution in [0, 0.1) is 6.92 Å². The van der Waals surface area contributed by atoms with Gasteiger partial charge in [0.2, 0.25) is 5.95 Å². The third kappa shape index (κ3) is 5.53. The van der Waals surface area contributed by atoms with Crippen LogP contribution in [0.4, 0.5) is 27.9 Å². The van der Waals surface area contributed by atoms with E-state index in [4.69, 9.17) is 0 Å². The predicted molar refractivity (Wildman–Crippen MR) is 125 cm³/mol. The van der Waals surface area contributed by atoms with Crippen LogP contribution in [0.3, 0.4) is 0 Å². The molecule has 3 heterocycles. The largest absolute Gasteiger partial charge is 0.370 e. The molecule has 0 unspecified atom stereocenters. The summed E-state index contributed by atoms with van der Waals surface area (Å²) in [5.41, 5.74) is 3.53. The summed E-state index contributed by atoms with van der Waals surface area (Å²) < 4.78 is 0. The molecule has 160 valence electrons. The van der Waals surface area contributed by atoms with Gasteiger partial charge in [0.25, 0.3) is 0 Å². The summed E-state index contributed by atoms with van der Waals surface area (Å²) >= 11 is 0. The molecule has 1 saturated heterocycles. The molecule has 0 bridgehead atoms. The topological polar surface area (TPSA) is 111 Å². The molecule has 1 fully saturated rings. The minimum Gasteiger partial charge on any atom is -0.370 e. The fourth-order valence-electron chi connectivity index (χ4n) is 3.51. The second-order valence-corrected chi connectivity index (χ2v) is 7.71. The Morgan fingerprint density at radius 1 is 1.23 bits per heavy atom. The van der Waals surface area contributed by atoms with Crippen molar-refractivity contribution in [1.82, 2.24) is 24.8 Å². The van der Waals surface area contributed by atoms with Gasteiger partial charge in [0.15, 0.2) is 0 Å². The quantitative estimate of drug-likeness (QED) is 0.436. The molecule has 0 saturated carbocycles. The van der Waals surface area contributed by atoms with Crippen LogP contribution in [0.25, 0.3) is 0 Å². The zero-order valence-electron chi connectivity index (χ0n) is 17.9. The van der Waals surface area contributed by atoms with Gasteiger partial charge in [0.05, 0.1) is 5.69 Å². The Bertz CT molecular complexity index is 1050. The molecule has 1 aliphatic rings. The maximum absolute atomic E-state index is 12.3. The van der Waals surface area contributed by atoms with Crippen molar-refractivity contribution in [3.63, 3.8) is 0 Å². The van der Waals surface area contributed by atoms with E-state index in [0.29, 0.717) is 5.95 Å². The number of likely N-dealkylation sites (tertiary alicyclic amines) is 1. The summed E-state index contributed by atoms with van der Waals surface area (Å²) in [6, 6.07) is 7.51. The minimum atomic E-state index is -0.0557. The third-order valence-corrected chi connectivity index (χ3v) is 5.17. The Balaban J connectivity index is 1.37. The van der Waals surface area contributed by atoms with Crippen molar-refractivity contribution in [3.05, 3.63) is 48.2 Å². The summed E-state index contributed by atoms with van der Waals surface area (Å²) in [6.45, 7) is 4.29. The van der Waals surface area contributed by atoms with E-state index in [2.05, 4.69) is 35.9 Å². The minimum absolute atomic E-state index is 0.0557. The Labute approximate surface area is 182 Å². The number of benzene rings is 1. The van der Waals surface area contributed by atoms with Gasteiger partial charge in [0, 0.05) is 49.8 Å². The molecule has 2 aromatic heterocycles. The Kier molecular flexibility index (Phi) is 6.35. The van der Waals surface area contributed by atoms with Gasteiger partial charge in [-0.05, 0) is 43.4 Å². The molecule has 0 aliphatic carbocycles. The third-order valence-electron chi connectivity index (χ3n) is 5.17. The number of nitrogens with zero attached hydrogens (tertiary/aromatic N) is 4. The lowest BCUT2D eigenvalue weighted by molar-refractivity contribution is 0.222. The Hall–Kier alpha value is -3.56. The number of carbonyl (C=O) groups excluding carboxylic acids is 1. The summed E-state index contributed by atoms with van der Waals surface area (Å²) in [5.74, 6) is 2.19. The number of hydrogen-bond acceptors (Lipinski definition) is 6. The lowest BCUT2D eigenvalue weighted by atomic mass is 9.99. The number of aromatic amines is 1. The van der Waals surface area contributed by atoms with Gasteiger partial charge in [-0.2, -0.15) is 4.98 Å². The second-order valence-electron chi connectivity index (χ2n) is 7.71. The number of aromatic nitrogens is 4. The number of carbonyl (C=O) groups is 1. The Morgan fingerprint density at radius 3 is 2.81 bits per heavy atom. The number of rotatable bonds is 7. The van der Waals surface area contributed by atoms with E-state index in [0.717, 1.165) is 73.1 Å². The molecule has 0 spiro atoms. The molecule has 31 heavy (non-hydrogen) atoms. The molecule has 2 amide bonds. The zero-order valence-corrected chi connectivity index (χ0v) is 17.9. The molecular weight excluding hydrogens is 391 g/mol. The van der Waals surface area contributed by atoms with Gasteiger partial charge in [-0.15, -0.1) is 0 Å². The number of amides is 2. The molecule has 1 aliphatic heterocycles. The van der Waals surface area contributed by atoms with E-state index in [-0.39, 0.29) is 6.03 Å². The summed E-state index contributed by atoms with van der Waals surface area (Å²) in [6.07, 6.45) is 6.64. The molecule has 0 atom stereocenters. The number of anilines is 4. The number of H-pyrrole nitrogens is 1. The van der Waals surface area contributed by atoms with Gasteiger partial charge < -0.3 is 25.8 Å². The highest BCUT2D eigenvalue weighted by molar-refractivity contribution is 6.35. The van der Waals surface area contributed by atoms with Crippen LogP contribution in [0.2, 0.25) is 0 Å². The average Bonchev–Trinajstić information content (AvgIpc) is 3.43. The summed E-state index contributed by atoms with van der Waals surface area (Å²) in [4.78, 5) is 30.7. The highest BCUT2D eigenvalue weighted by Crippen LogP contribution is 2.19. The smallest absolute Gasteiger partial charge is 0.321 e. The standard InChI is InChI=1S/C21H27BN8O/c1-14-24-12-17(26-14)7-8-23-19-18(22)13-25-20(29-19)27-15-5-4-6-16(11-15)28-21(31)30-9-2-3-10-30/h4-6,11-13H,2-3,7-10,22H2,1H3,(H,24,26)(H,28,31)(H2,23,25,27,29). The van der Waals surface area contributed by atoms with Crippen LogP contribution >= 0.6 is 0 Å². The normalized spacial score (nSPS) is 13.3. The van der Waals surface area contributed by atoms with Crippen LogP contribution in [-0.4, -0.2) is 58.3 Å². The van der Waals surface area contributed by atoms with Gasteiger partial charge in [-0.1, -0.05) is 6.07 Å². The van der Waals surface area contributed by atoms with Crippen molar-refractivity contribution < 1.29 is 4.79 Å². The van der Waals surface area contributed by atoms with Gasteiger partial charge >= 0.3 is 6.03 Å². The molecule has 10 heteroatoms. The fourth-order valence-corrected chi connectivity index (χ4v) is 3.51. The number of urea groups is 1. The van der Waals surface area contributed by atoms with Crippen LogP contribution in [0.1, 0.15) is 24.4 Å². The number of nitrogens with one attached hydrogen (secondary N) is 4. The summed E-state index contributed by atoms with van der Waals surface area (Å²) in [5, 5.41) is 9.54. The molecule has 4 N–H and O–H groups in total.